The minimum absolute atomic E-state index is 0.00812. The molecule has 3 unspecified atom stereocenters. The smallest absolute Gasteiger partial charge is 0.240 e. The van der Waals surface area contributed by atoms with Gasteiger partial charge in [0.2, 0.25) is 5.91 Å². The Hall–Kier alpha value is -0.220. The second-order valence-electron chi connectivity index (χ2n) is 4.39. The maximum atomic E-state index is 12.0. The predicted molar refractivity (Wildman–Crippen MR) is 70.6 cm³/mol. The lowest BCUT2D eigenvalue weighted by Crippen LogP contribution is -2.43. The number of carbonyl (C=O) groups is 1. The van der Waals surface area contributed by atoms with Crippen LogP contribution in [0.1, 0.15) is 40.5 Å². The zero-order chi connectivity index (χ0) is 12.1. The first-order chi connectivity index (χ1) is 7.61. The van der Waals surface area contributed by atoms with Gasteiger partial charge in [0.15, 0.2) is 0 Å². The summed E-state index contributed by atoms with van der Waals surface area (Å²) in [6.07, 6.45) is 2.32. The van der Waals surface area contributed by atoms with Gasteiger partial charge in [-0.05, 0) is 38.2 Å². The number of hydrogen-bond donors (Lipinski definition) is 1. The van der Waals surface area contributed by atoms with Crippen LogP contribution in [0.4, 0.5) is 0 Å². The van der Waals surface area contributed by atoms with E-state index in [0.717, 1.165) is 24.3 Å². The minimum Gasteiger partial charge on any atom is -0.323 e. The van der Waals surface area contributed by atoms with Crippen molar-refractivity contribution in [1.82, 2.24) is 10.2 Å². The molecule has 0 aromatic carbocycles. The third kappa shape index (κ3) is 3.14. The second-order valence-corrected chi connectivity index (χ2v) is 5.79. The van der Waals surface area contributed by atoms with E-state index < -0.39 is 0 Å². The fraction of sp³-hybridized carbons (Fsp3) is 0.917. The van der Waals surface area contributed by atoms with Crippen LogP contribution in [-0.2, 0) is 4.79 Å². The molecule has 1 fully saturated rings. The number of rotatable bonds is 6. The molecule has 0 aliphatic carbocycles. The molecule has 16 heavy (non-hydrogen) atoms. The number of amides is 1. The van der Waals surface area contributed by atoms with Gasteiger partial charge >= 0.3 is 0 Å². The molecule has 0 aromatic rings. The molecule has 4 heteroatoms. The topological polar surface area (TPSA) is 32.3 Å². The maximum Gasteiger partial charge on any atom is 0.240 e. The molecule has 0 aromatic heterocycles. The van der Waals surface area contributed by atoms with Gasteiger partial charge in [0, 0.05) is 6.04 Å². The van der Waals surface area contributed by atoms with Crippen LogP contribution in [0.2, 0.25) is 0 Å². The maximum absolute atomic E-state index is 12.0. The van der Waals surface area contributed by atoms with Gasteiger partial charge in [-0.25, -0.2) is 0 Å². The van der Waals surface area contributed by atoms with Crippen molar-refractivity contribution in [3.05, 3.63) is 0 Å². The fourth-order valence-corrected chi connectivity index (χ4v) is 2.99. The van der Waals surface area contributed by atoms with Gasteiger partial charge in [-0.1, -0.05) is 13.8 Å². The summed E-state index contributed by atoms with van der Waals surface area (Å²) in [5, 5.41) is 3.34. The van der Waals surface area contributed by atoms with E-state index >= 15 is 0 Å². The average Bonchev–Trinajstić information content (AvgIpc) is 2.55. The van der Waals surface area contributed by atoms with Crippen LogP contribution >= 0.6 is 11.8 Å². The van der Waals surface area contributed by atoms with Crippen molar-refractivity contribution in [2.45, 2.75) is 58.8 Å². The molecule has 3 atom stereocenters. The van der Waals surface area contributed by atoms with E-state index in [-0.39, 0.29) is 18.1 Å². The predicted octanol–water partition coefficient (Wildman–Crippen LogP) is 2.07. The van der Waals surface area contributed by atoms with Crippen molar-refractivity contribution in [3.63, 3.8) is 0 Å². The summed E-state index contributed by atoms with van der Waals surface area (Å²) in [5.74, 6) is 2.57. The molecule has 1 N–H and O–H groups in total. The third-order valence-corrected chi connectivity index (χ3v) is 4.08. The average molecular weight is 244 g/mol. The largest absolute Gasteiger partial charge is 0.323 e. The summed E-state index contributed by atoms with van der Waals surface area (Å²) < 4.78 is 0. The number of thioether (sulfide) groups is 1. The molecular formula is C12H24N2OS. The first-order valence-corrected chi connectivity index (χ1v) is 7.43. The Morgan fingerprint density at radius 1 is 1.50 bits per heavy atom. The lowest BCUT2D eigenvalue weighted by molar-refractivity contribution is -0.131. The lowest BCUT2D eigenvalue weighted by atomic mass is 10.2. The number of hydrogen-bond acceptors (Lipinski definition) is 3. The monoisotopic (exact) mass is 244 g/mol. The Balaban J connectivity index is 2.51. The van der Waals surface area contributed by atoms with Crippen LogP contribution in [0.15, 0.2) is 0 Å². The molecule has 1 aliphatic rings. The summed E-state index contributed by atoms with van der Waals surface area (Å²) in [6.45, 7) is 8.42. The standard InChI is InChI=1S/C12H24N2OS/c1-5-11-13-10(4)12(15)14(11)9(3)7-8-16-6-2/h9-11,13H,5-8H2,1-4H3. The Bertz CT molecular complexity index is 235. The Labute approximate surface area is 103 Å². The molecule has 0 radical (unpaired) electrons. The molecule has 0 bridgehead atoms. The molecule has 1 saturated heterocycles. The Kier molecular flexibility index (Phi) is 5.62. The molecule has 1 aliphatic heterocycles. The van der Waals surface area contributed by atoms with Crippen molar-refractivity contribution in [2.75, 3.05) is 11.5 Å². The van der Waals surface area contributed by atoms with Crippen molar-refractivity contribution < 1.29 is 4.79 Å². The molecule has 1 amide bonds. The highest BCUT2D eigenvalue weighted by atomic mass is 32.2. The summed E-state index contributed by atoms with van der Waals surface area (Å²) >= 11 is 1.95. The van der Waals surface area contributed by atoms with Crippen LogP contribution < -0.4 is 5.32 Å². The quantitative estimate of drug-likeness (QED) is 0.726. The zero-order valence-electron chi connectivity index (χ0n) is 10.8. The summed E-state index contributed by atoms with van der Waals surface area (Å²) in [7, 11) is 0. The molecule has 3 nitrogen and oxygen atoms in total. The molecule has 94 valence electrons. The van der Waals surface area contributed by atoms with Gasteiger partial charge in [0.25, 0.3) is 0 Å². The highest BCUT2D eigenvalue weighted by Gasteiger charge is 2.37. The lowest BCUT2D eigenvalue weighted by Gasteiger charge is -2.29. The van der Waals surface area contributed by atoms with Crippen LogP contribution in [0, 0.1) is 0 Å². The van der Waals surface area contributed by atoms with Gasteiger partial charge in [-0.3, -0.25) is 10.1 Å². The number of carbonyl (C=O) groups excluding carboxylic acids is 1. The number of nitrogens with one attached hydrogen (secondary N) is 1. The van der Waals surface area contributed by atoms with E-state index in [1.54, 1.807) is 0 Å². The normalized spacial score (nSPS) is 27.5. The molecule has 0 saturated carbocycles. The van der Waals surface area contributed by atoms with Gasteiger partial charge in [-0.2, -0.15) is 11.8 Å². The first-order valence-electron chi connectivity index (χ1n) is 6.27. The minimum atomic E-state index is -0.00812. The fourth-order valence-electron chi connectivity index (χ4n) is 2.19. The molecule has 1 heterocycles. The Morgan fingerprint density at radius 3 is 2.75 bits per heavy atom. The summed E-state index contributed by atoms with van der Waals surface area (Å²) in [4.78, 5) is 14.0. The van der Waals surface area contributed by atoms with Gasteiger partial charge in [-0.15, -0.1) is 0 Å². The summed E-state index contributed by atoms with van der Waals surface area (Å²) in [6, 6.07) is 0.347. The summed E-state index contributed by atoms with van der Waals surface area (Å²) in [5.41, 5.74) is 0. The van der Waals surface area contributed by atoms with Crippen molar-refractivity contribution in [2.24, 2.45) is 0 Å². The second kappa shape index (κ2) is 6.50. The first kappa shape index (κ1) is 13.8. The Morgan fingerprint density at radius 2 is 2.19 bits per heavy atom. The van der Waals surface area contributed by atoms with Crippen molar-refractivity contribution >= 4 is 17.7 Å². The molecule has 1 rings (SSSR count). The molecular weight excluding hydrogens is 220 g/mol. The van der Waals surface area contributed by atoms with Crippen LogP contribution in [0.25, 0.3) is 0 Å². The van der Waals surface area contributed by atoms with Crippen LogP contribution in [0.5, 0.6) is 0 Å². The van der Waals surface area contributed by atoms with E-state index in [9.17, 15) is 4.79 Å². The molecule has 0 spiro atoms. The van der Waals surface area contributed by atoms with E-state index in [2.05, 4.69) is 26.1 Å². The van der Waals surface area contributed by atoms with Gasteiger partial charge in [0.1, 0.15) is 0 Å². The highest BCUT2D eigenvalue weighted by Crippen LogP contribution is 2.19. The van der Waals surface area contributed by atoms with Crippen molar-refractivity contribution in [3.8, 4) is 0 Å². The number of nitrogens with zero attached hydrogens (tertiary/aromatic N) is 1. The third-order valence-electron chi connectivity index (χ3n) is 3.15. The van der Waals surface area contributed by atoms with Gasteiger partial charge in [0.05, 0.1) is 12.2 Å². The van der Waals surface area contributed by atoms with E-state index in [1.807, 2.05) is 23.6 Å². The van der Waals surface area contributed by atoms with Crippen molar-refractivity contribution in [1.29, 1.82) is 0 Å². The SMILES string of the molecule is CCSCCC(C)N1C(=O)C(C)NC1CC. The van der Waals surface area contributed by atoms with Gasteiger partial charge < -0.3 is 4.90 Å². The van der Waals surface area contributed by atoms with Crippen LogP contribution in [0.3, 0.4) is 0 Å². The van der Waals surface area contributed by atoms with E-state index in [0.29, 0.717) is 6.04 Å². The van der Waals surface area contributed by atoms with E-state index in [1.165, 1.54) is 0 Å². The highest BCUT2D eigenvalue weighted by molar-refractivity contribution is 7.99. The van der Waals surface area contributed by atoms with E-state index in [4.69, 9.17) is 0 Å². The zero-order valence-corrected chi connectivity index (χ0v) is 11.6. The van der Waals surface area contributed by atoms with Crippen LogP contribution in [-0.4, -0.2) is 40.6 Å².